The molecule has 9 heteroatoms. The van der Waals surface area contributed by atoms with Crippen LogP contribution in [0.2, 0.25) is 0 Å². The maximum atomic E-state index is 12.7. The van der Waals surface area contributed by atoms with E-state index < -0.39 is 15.9 Å². The molecule has 1 amide bonds. The van der Waals surface area contributed by atoms with Crippen molar-refractivity contribution in [1.82, 2.24) is 9.29 Å². The van der Waals surface area contributed by atoms with Gasteiger partial charge in [0.2, 0.25) is 15.9 Å². The van der Waals surface area contributed by atoms with E-state index in [0.717, 1.165) is 9.87 Å². The van der Waals surface area contributed by atoms with Gasteiger partial charge in [0.05, 0.1) is 11.4 Å². The topological polar surface area (TPSA) is 97.8 Å². The number of ether oxygens (including phenoxy) is 2. The monoisotopic (exact) mass is 377 g/mol. The fourth-order valence-electron chi connectivity index (χ4n) is 2.38. The molecule has 0 unspecified atom stereocenters. The molecular weight excluding hydrogens is 358 g/mol. The van der Waals surface area contributed by atoms with Gasteiger partial charge in [-0.3, -0.25) is 4.79 Å². The summed E-state index contributed by atoms with van der Waals surface area (Å²) in [7, 11) is -2.51. The molecule has 26 heavy (non-hydrogen) atoms. The molecule has 0 fully saturated rings. The molecule has 0 atom stereocenters. The van der Waals surface area contributed by atoms with E-state index in [-0.39, 0.29) is 11.4 Å². The van der Waals surface area contributed by atoms with Gasteiger partial charge < -0.3 is 14.8 Å². The lowest BCUT2D eigenvalue weighted by Crippen LogP contribution is -2.35. The van der Waals surface area contributed by atoms with Crippen molar-refractivity contribution in [2.45, 2.75) is 11.8 Å². The first kappa shape index (κ1) is 18.2. The first-order valence-electron chi connectivity index (χ1n) is 7.95. The first-order chi connectivity index (χ1) is 12.4. The quantitative estimate of drug-likeness (QED) is 0.846. The number of fused-ring (bicyclic) bond motifs is 1. The molecule has 0 saturated carbocycles. The van der Waals surface area contributed by atoms with Gasteiger partial charge in [-0.15, -0.1) is 0 Å². The van der Waals surface area contributed by atoms with Crippen molar-refractivity contribution in [3.05, 3.63) is 42.1 Å². The summed E-state index contributed by atoms with van der Waals surface area (Å²) in [5, 5.41) is 2.57. The molecule has 3 rings (SSSR count). The van der Waals surface area contributed by atoms with E-state index in [1.54, 1.807) is 24.4 Å². The molecule has 1 aliphatic heterocycles. The molecule has 1 N–H and O–H groups in total. The largest absolute Gasteiger partial charge is 0.486 e. The summed E-state index contributed by atoms with van der Waals surface area (Å²) in [5.41, 5.74) is 0.960. The van der Waals surface area contributed by atoms with Crippen LogP contribution in [0.15, 0.2) is 41.4 Å². The van der Waals surface area contributed by atoms with Gasteiger partial charge in [-0.05, 0) is 30.7 Å². The van der Waals surface area contributed by atoms with Crippen molar-refractivity contribution < 1.29 is 22.7 Å². The lowest BCUT2D eigenvalue weighted by molar-refractivity contribution is -0.116. The van der Waals surface area contributed by atoms with Crippen LogP contribution in [0.3, 0.4) is 0 Å². The Morgan fingerprint density at radius 3 is 2.62 bits per heavy atom. The summed E-state index contributed by atoms with van der Waals surface area (Å²) < 4.78 is 37.1. The second kappa shape index (κ2) is 7.30. The third-order valence-corrected chi connectivity index (χ3v) is 5.57. The van der Waals surface area contributed by atoms with E-state index in [1.807, 2.05) is 6.92 Å². The minimum Gasteiger partial charge on any atom is -0.486 e. The van der Waals surface area contributed by atoms with E-state index in [0.29, 0.717) is 30.5 Å². The van der Waals surface area contributed by atoms with E-state index in [9.17, 15) is 13.2 Å². The number of hydrogen-bond donors (Lipinski definition) is 1. The van der Waals surface area contributed by atoms with Crippen LogP contribution in [-0.2, 0) is 14.8 Å². The Labute approximate surface area is 151 Å². The van der Waals surface area contributed by atoms with Gasteiger partial charge in [-0.25, -0.2) is 13.4 Å². The number of nitrogens with zero attached hydrogens (tertiary/aromatic N) is 2. The van der Waals surface area contributed by atoms with E-state index in [4.69, 9.17) is 9.47 Å². The maximum absolute atomic E-state index is 12.7. The summed E-state index contributed by atoms with van der Waals surface area (Å²) in [4.78, 5) is 16.2. The van der Waals surface area contributed by atoms with Crippen LogP contribution in [0.1, 0.15) is 5.56 Å². The predicted octanol–water partition coefficient (Wildman–Crippen LogP) is 1.42. The molecule has 0 bridgehead atoms. The van der Waals surface area contributed by atoms with Crippen LogP contribution in [0.4, 0.5) is 5.82 Å². The fourth-order valence-corrected chi connectivity index (χ4v) is 3.52. The number of likely N-dealkylation sites (N-methyl/N-ethyl adjacent to an activating group) is 1. The van der Waals surface area contributed by atoms with Crippen molar-refractivity contribution in [3.63, 3.8) is 0 Å². The lowest BCUT2D eigenvalue weighted by atomic mass is 10.3. The molecule has 138 valence electrons. The van der Waals surface area contributed by atoms with Gasteiger partial charge in [0.25, 0.3) is 0 Å². The average molecular weight is 377 g/mol. The summed E-state index contributed by atoms with van der Waals surface area (Å²) in [6, 6.07) is 7.84. The number of rotatable bonds is 5. The van der Waals surface area contributed by atoms with Crippen LogP contribution in [-0.4, -0.2) is 50.4 Å². The summed E-state index contributed by atoms with van der Waals surface area (Å²) in [6.07, 6.45) is 1.62. The Bertz CT molecular complexity index is 912. The molecule has 2 aromatic rings. The predicted molar refractivity (Wildman–Crippen MR) is 94.9 cm³/mol. The van der Waals surface area contributed by atoms with Crippen LogP contribution in [0.25, 0.3) is 0 Å². The Morgan fingerprint density at radius 1 is 1.19 bits per heavy atom. The lowest BCUT2D eigenvalue weighted by Gasteiger charge is -2.21. The van der Waals surface area contributed by atoms with Gasteiger partial charge >= 0.3 is 0 Å². The van der Waals surface area contributed by atoms with E-state index >= 15 is 0 Å². The molecule has 1 aromatic heterocycles. The van der Waals surface area contributed by atoms with Crippen molar-refractivity contribution in [2.24, 2.45) is 0 Å². The Kier molecular flexibility index (Phi) is 5.10. The zero-order valence-corrected chi connectivity index (χ0v) is 15.2. The number of nitrogens with one attached hydrogen (secondary N) is 1. The third kappa shape index (κ3) is 3.94. The number of carbonyl (C=O) groups is 1. The minimum absolute atomic E-state index is 0.0329. The van der Waals surface area contributed by atoms with Crippen molar-refractivity contribution in [1.29, 1.82) is 0 Å². The highest BCUT2D eigenvalue weighted by molar-refractivity contribution is 7.89. The zero-order chi connectivity index (χ0) is 18.7. The average Bonchev–Trinajstić information content (AvgIpc) is 2.63. The first-order valence-corrected chi connectivity index (χ1v) is 9.39. The normalized spacial score (nSPS) is 13.5. The standard InChI is InChI=1S/C17H19N3O5S/c1-12-3-6-16(18-10-12)19-17(21)11-20(2)26(22,23)13-4-5-14-15(9-13)25-8-7-24-14/h3-6,9-10H,7-8,11H2,1-2H3,(H,18,19,21). The van der Waals surface area contributed by atoms with E-state index in [1.165, 1.54) is 19.2 Å². The van der Waals surface area contributed by atoms with Crippen LogP contribution >= 0.6 is 0 Å². The molecule has 1 aliphatic rings. The molecule has 0 spiro atoms. The summed E-state index contributed by atoms with van der Waals surface area (Å²) in [5.74, 6) is 0.760. The second-order valence-corrected chi connectivity index (χ2v) is 7.88. The highest BCUT2D eigenvalue weighted by Crippen LogP contribution is 2.32. The van der Waals surface area contributed by atoms with Gasteiger partial charge in [-0.1, -0.05) is 6.07 Å². The van der Waals surface area contributed by atoms with Crippen molar-refractivity contribution in [2.75, 3.05) is 32.1 Å². The number of pyridine rings is 1. The number of sulfonamides is 1. The maximum Gasteiger partial charge on any atom is 0.243 e. The second-order valence-electron chi connectivity index (χ2n) is 5.84. The number of hydrogen-bond acceptors (Lipinski definition) is 6. The minimum atomic E-state index is -3.85. The van der Waals surface area contributed by atoms with E-state index in [2.05, 4.69) is 10.3 Å². The number of amides is 1. The number of anilines is 1. The third-order valence-electron chi connectivity index (χ3n) is 3.77. The summed E-state index contributed by atoms with van der Waals surface area (Å²) in [6.45, 7) is 2.32. The van der Waals surface area contributed by atoms with Crippen LogP contribution in [0.5, 0.6) is 11.5 Å². The highest BCUT2D eigenvalue weighted by Gasteiger charge is 2.25. The Hall–Kier alpha value is -2.65. The number of benzene rings is 1. The smallest absolute Gasteiger partial charge is 0.243 e. The van der Waals surface area contributed by atoms with Crippen LogP contribution in [0, 0.1) is 6.92 Å². The molecule has 0 saturated heterocycles. The van der Waals surface area contributed by atoms with Gasteiger partial charge in [0.1, 0.15) is 19.0 Å². The van der Waals surface area contributed by atoms with Gasteiger partial charge in [0, 0.05) is 19.3 Å². The number of aromatic nitrogens is 1. The Balaban J connectivity index is 1.70. The van der Waals surface area contributed by atoms with Crippen molar-refractivity contribution >= 4 is 21.7 Å². The number of aryl methyl sites for hydroxylation is 1. The fraction of sp³-hybridized carbons (Fsp3) is 0.294. The Morgan fingerprint density at radius 2 is 1.92 bits per heavy atom. The van der Waals surface area contributed by atoms with Gasteiger partial charge in [-0.2, -0.15) is 4.31 Å². The molecule has 2 heterocycles. The molecule has 0 radical (unpaired) electrons. The SMILES string of the molecule is Cc1ccc(NC(=O)CN(C)S(=O)(=O)c2ccc3c(c2)OCCO3)nc1. The van der Waals surface area contributed by atoms with Crippen molar-refractivity contribution in [3.8, 4) is 11.5 Å². The van der Waals surface area contributed by atoms with Gasteiger partial charge in [0.15, 0.2) is 11.5 Å². The molecular formula is C17H19N3O5S. The van der Waals surface area contributed by atoms with Crippen LogP contribution < -0.4 is 14.8 Å². The number of carbonyl (C=O) groups excluding carboxylic acids is 1. The highest BCUT2D eigenvalue weighted by atomic mass is 32.2. The molecule has 8 nitrogen and oxygen atoms in total. The summed E-state index contributed by atoms with van der Waals surface area (Å²) >= 11 is 0. The molecule has 0 aliphatic carbocycles. The molecule has 1 aromatic carbocycles. The zero-order valence-electron chi connectivity index (χ0n) is 14.4.